The zero-order chi connectivity index (χ0) is 13.1. The Hall–Kier alpha value is -1.51. The van der Waals surface area contributed by atoms with Gasteiger partial charge in [0.1, 0.15) is 5.75 Å². The van der Waals surface area contributed by atoms with E-state index in [1.165, 1.54) is 19.3 Å². The average Bonchev–Trinajstić information content (AvgIpc) is 2.39. The molecule has 0 unspecified atom stereocenters. The molecule has 0 atom stereocenters. The summed E-state index contributed by atoms with van der Waals surface area (Å²) in [6.45, 7) is 1.80. The number of hydrogen-bond donors (Lipinski definition) is 0. The second-order valence-electron chi connectivity index (χ2n) is 5.55. The van der Waals surface area contributed by atoms with Crippen molar-refractivity contribution >= 4 is 5.91 Å². The van der Waals surface area contributed by atoms with Crippen molar-refractivity contribution in [3.05, 3.63) is 29.8 Å². The Morgan fingerprint density at radius 1 is 1.00 bits per heavy atom. The first-order valence-corrected chi connectivity index (χ1v) is 7.39. The first kappa shape index (κ1) is 12.5. The average molecular weight is 259 g/mol. The van der Waals surface area contributed by atoms with Crippen molar-refractivity contribution < 1.29 is 9.53 Å². The SMILES string of the molecule is O=C(c1ccc(OC2CCCCC2)cc1)N1CCC1. The lowest BCUT2D eigenvalue weighted by molar-refractivity contribution is 0.0652. The van der Waals surface area contributed by atoms with Gasteiger partial charge in [-0.3, -0.25) is 4.79 Å². The van der Waals surface area contributed by atoms with Gasteiger partial charge in [0.2, 0.25) is 0 Å². The van der Waals surface area contributed by atoms with Crippen LogP contribution in [0.2, 0.25) is 0 Å². The molecule has 1 saturated carbocycles. The summed E-state index contributed by atoms with van der Waals surface area (Å²) in [4.78, 5) is 13.9. The van der Waals surface area contributed by atoms with E-state index in [1.807, 2.05) is 29.2 Å². The van der Waals surface area contributed by atoms with Gasteiger partial charge in [0.15, 0.2) is 0 Å². The second kappa shape index (κ2) is 5.64. The van der Waals surface area contributed by atoms with Crippen LogP contribution in [0, 0.1) is 0 Å². The maximum absolute atomic E-state index is 12.0. The quantitative estimate of drug-likeness (QED) is 0.834. The van der Waals surface area contributed by atoms with E-state index < -0.39 is 0 Å². The minimum Gasteiger partial charge on any atom is -0.490 e. The highest BCUT2D eigenvalue weighted by Gasteiger charge is 2.21. The number of rotatable bonds is 3. The number of carbonyl (C=O) groups excluding carboxylic acids is 1. The van der Waals surface area contributed by atoms with Gasteiger partial charge in [-0.2, -0.15) is 0 Å². The highest BCUT2D eigenvalue weighted by Crippen LogP contribution is 2.24. The van der Waals surface area contributed by atoms with Crippen molar-refractivity contribution in [3.8, 4) is 5.75 Å². The van der Waals surface area contributed by atoms with Crippen LogP contribution in [0.3, 0.4) is 0 Å². The molecule has 0 bridgehead atoms. The molecule has 1 aromatic rings. The van der Waals surface area contributed by atoms with Gasteiger partial charge in [-0.15, -0.1) is 0 Å². The van der Waals surface area contributed by atoms with E-state index in [0.29, 0.717) is 6.10 Å². The van der Waals surface area contributed by atoms with Gasteiger partial charge < -0.3 is 9.64 Å². The van der Waals surface area contributed by atoms with Crippen LogP contribution in [0.25, 0.3) is 0 Å². The smallest absolute Gasteiger partial charge is 0.253 e. The molecule has 2 fully saturated rings. The molecular formula is C16H21NO2. The summed E-state index contributed by atoms with van der Waals surface area (Å²) < 4.78 is 5.97. The van der Waals surface area contributed by atoms with Gasteiger partial charge >= 0.3 is 0 Å². The standard InChI is InChI=1S/C16H21NO2/c18-16(17-11-4-12-17)13-7-9-15(10-8-13)19-14-5-2-1-3-6-14/h7-10,14H,1-6,11-12H2. The fourth-order valence-electron chi connectivity index (χ4n) is 2.75. The third kappa shape index (κ3) is 2.91. The van der Waals surface area contributed by atoms with E-state index >= 15 is 0 Å². The zero-order valence-electron chi connectivity index (χ0n) is 11.3. The molecule has 1 amide bonds. The molecule has 0 N–H and O–H groups in total. The second-order valence-corrected chi connectivity index (χ2v) is 5.55. The number of ether oxygens (including phenoxy) is 1. The fourth-order valence-corrected chi connectivity index (χ4v) is 2.75. The van der Waals surface area contributed by atoms with Gasteiger partial charge in [-0.1, -0.05) is 6.42 Å². The lowest BCUT2D eigenvalue weighted by Gasteiger charge is -2.31. The Labute approximate surface area is 114 Å². The van der Waals surface area contributed by atoms with Crippen LogP contribution in [0.15, 0.2) is 24.3 Å². The number of likely N-dealkylation sites (tertiary alicyclic amines) is 1. The normalized spacial score (nSPS) is 19.9. The predicted octanol–water partition coefficient (Wildman–Crippen LogP) is 3.24. The van der Waals surface area contributed by atoms with Crippen molar-refractivity contribution in [1.82, 2.24) is 4.90 Å². The Bertz CT molecular complexity index is 431. The molecule has 3 heteroatoms. The van der Waals surface area contributed by atoms with E-state index in [9.17, 15) is 4.79 Å². The highest BCUT2D eigenvalue weighted by molar-refractivity contribution is 5.94. The largest absolute Gasteiger partial charge is 0.490 e. The summed E-state index contributed by atoms with van der Waals surface area (Å²) in [6.07, 6.45) is 7.71. The zero-order valence-corrected chi connectivity index (χ0v) is 11.3. The molecular weight excluding hydrogens is 238 g/mol. The number of hydrogen-bond acceptors (Lipinski definition) is 2. The summed E-state index contributed by atoms with van der Waals surface area (Å²) in [7, 11) is 0. The molecule has 0 aromatic heterocycles. The molecule has 2 aliphatic rings. The van der Waals surface area contributed by atoms with Crippen LogP contribution in [-0.4, -0.2) is 30.0 Å². The predicted molar refractivity (Wildman–Crippen MR) is 74.5 cm³/mol. The van der Waals surface area contributed by atoms with Gasteiger partial charge in [0, 0.05) is 18.7 Å². The van der Waals surface area contributed by atoms with Crippen molar-refractivity contribution in [2.45, 2.75) is 44.6 Å². The van der Waals surface area contributed by atoms with Crippen LogP contribution >= 0.6 is 0 Å². The molecule has 1 aromatic carbocycles. The number of carbonyl (C=O) groups is 1. The third-order valence-corrected chi connectivity index (χ3v) is 4.10. The van der Waals surface area contributed by atoms with E-state index in [-0.39, 0.29) is 5.91 Å². The molecule has 0 radical (unpaired) electrons. The summed E-state index contributed by atoms with van der Waals surface area (Å²) in [5, 5.41) is 0. The molecule has 1 aliphatic heterocycles. The van der Waals surface area contributed by atoms with Crippen LogP contribution in [0.1, 0.15) is 48.9 Å². The van der Waals surface area contributed by atoms with Crippen molar-refractivity contribution in [2.75, 3.05) is 13.1 Å². The molecule has 1 saturated heterocycles. The Morgan fingerprint density at radius 2 is 1.68 bits per heavy atom. The monoisotopic (exact) mass is 259 g/mol. The first-order chi connectivity index (χ1) is 9.33. The van der Waals surface area contributed by atoms with Gasteiger partial charge in [-0.25, -0.2) is 0 Å². The maximum atomic E-state index is 12.0. The fraction of sp³-hybridized carbons (Fsp3) is 0.562. The molecule has 1 heterocycles. The minimum absolute atomic E-state index is 0.149. The van der Waals surface area contributed by atoms with E-state index in [2.05, 4.69) is 0 Å². The van der Waals surface area contributed by atoms with Gasteiger partial charge in [0.05, 0.1) is 6.10 Å². The lowest BCUT2D eigenvalue weighted by atomic mass is 9.98. The van der Waals surface area contributed by atoms with Gasteiger partial charge in [-0.05, 0) is 56.4 Å². The minimum atomic E-state index is 0.149. The molecule has 19 heavy (non-hydrogen) atoms. The summed E-state index contributed by atoms with van der Waals surface area (Å²) in [6, 6.07) is 7.64. The number of benzene rings is 1. The maximum Gasteiger partial charge on any atom is 0.253 e. The molecule has 102 valence electrons. The van der Waals surface area contributed by atoms with Crippen molar-refractivity contribution in [1.29, 1.82) is 0 Å². The Balaban J connectivity index is 1.60. The van der Waals surface area contributed by atoms with E-state index in [4.69, 9.17) is 4.74 Å². The van der Waals surface area contributed by atoms with E-state index in [0.717, 1.165) is 43.7 Å². The summed E-state index contributed by atoms with van der Waals surface area (Å²) >= 11 is 0. The molecule has 1 aliphatic carbocycles. The first-order valence-electron chi connectivity index (χ1n) is 7.39. The third-order valence-electron chi connectivity index (χ3n) is 4.10. The Kier molecular flexibility index (Phi) is 3.72. The van der Waals surface area contributed by atoms with Gasteiger partial charge in [0.25, 0.3) is 5.91 Å². The van der Waals surface area contributed by atoms with Crippen LogP contribution in [0.5, 0.6) is 5.75 Å². The topological polar surface area (TPSA) is 29.5 Å². The Morgan fingerprint density at radius 3 is 2.26 bits per heavy atom. The van der Waals surface area contributed by atoms with Crippen LogP contribution in [-0.2, 0) is 0 Å². The lowest BCUT2D eigenvalue weighted by Crippen LogP contribution is -2.41. The van der Waals surface area contributed by atoms with Crippen LogP contribution in [0.4, 0.5) is 0 Å². The number of amides is 1. The summed E-state index contributed by atoms with van der Waals surface area (Å²) in [5.41, 5.74) is 0.774. The summed E-state index contributed by atoms with van der Waals surface area (Å²) in [5.74, 6) is 1.04. The molecule has 0 spiro atoms. The van der Waals surface area contributed by atoms with Crippen LogP contribution < -0.4 is 4.74 Å². The molecule has 3 rings (SSSR count). The van der Waals surface area contributed by atoms with Crippen molar-refractivity contribution in [3.63, 3.8) is 0 Å². The molecule has 3 nitrogen and oxygen atoms in total. The van der Waals surface area contributed by atoms with E-state index in [1.54, 1.807) is 0 Å². The highest BCUT2D eigenvalue weighted by atomic mass is 16.5. The van der Waals surface area contributed by atoms with Crippen molar-refractivity contribution in [2.24, 2.45) is 0 Å². The number of nitrogens with zero attached hydrogens (tertiary/aromatic N) is 1.